The van der Waals surface area contributed by atoms with Crippen molar-refractivity contribution < 1.29 is 13.2 Å². The number of aliphatic imine (C=N–C) groups is 1. The van der Waals surface area contributed by atoms with Crippen molar-refractivity contribution in [3.8, 4) is 5.75 Å². The van der Waals surface area contributed by atoms with Gasteiger partial charge in [0, 0.05) is 50.7 Å². The Morgan fingerprint density at radius 2 is 1.72 bits per heavy atom. The summed E-state index contributed by atoms with van der Waals surface area (Å²) in [7, 11) is -1.33. The summed E-state index contributed by atoms with van der Waals surface area (Å²) in [6.07, 6.45) is 1.25. The molecule has 1 aliphatic rings. The van der Waals surface area contributed by atoms with Crippen molar-refractivity contribution in [3.63, 3.8) is 0 Å². The normalized spacial score (nSPS) is 14.7. The molecule has 32 heavy (non-hydrogen) atoms. The van der Waals surface area contributed by atoms with Gasteiger partial charge in [0.05, 0.1) is 19.4 Å². The van der Waals surface area contributed by atoms with E-state index in [-0.39, 0.29) is 29.7 Å². The molecule has 1 saturated heterocycles. The number of hydrogen-bond acceptors (Lipinski definition) is 5. The van der Waals surface area contributed by atoms with E-state index in [1.54, 1.807) is 7.11 Å². The van der Waals surface area contributed by atoms with Crippen molar-refractivity contribution in [2.24, 2.45) is 4.99 Å². The van der Waals surface area contributed by atoms with Gasteiger partial charge in [-0.3, -0.25) is 0 Å². The number of benzene rings is 2. The molecule has 0 atom stereocenters. The van der Waals surface area contributed by atoms with E-state index in [0.29, 0.717) is 6.54 Å². The molecule has 0 aromatic heterocycles. The smallest absolute Gasteiger partial charge is 0.194 e. The number of nitrogens with zero attached hydrogens (tertiary/aromatic N) is 3. The molecule has 1 fully saturated rings. The number of ether oxygens (including phenoxy) is 1. The quantitative estimate of drug-likeness (QED) is 0.312. The van der Waals surface area contributed by atoms with Crippen molar-refractivity contribution in [2.75, 3.05) is 51.0 Å². The molecule has 0 aliphatic carbocycles. The average molecular weight is 573 g/mol. The Hall–Kier alpha value is -2.01. The van der Waals surface area contributed by atoms with Crippen LogP contribution < -0.4 is 15.0 Å². The van der Waals surface area contributed by atoms with Crippen LogP contribution in [0.1, 0.15) is 18.1 Å². The van der Waals surface area contributed by atoms with Crippen LogP contribution in [0.3, 0.4) is 0 Å². The Morgan fingerprint density at radius 1 is 1.06 bits per heavy atom. The largest absolute Gasteiger partial charge is 0.497 e. The van der Waals surface area contributed by atoms with E-state index < -0.39 is 9.84 Å². The molecule has 1 heterocycles. The molecule has 9 heteroatoms. The SMILES string of the molecule is CCNC(=NCc1ccc(CS(C)(=O)=O)cc1)N1CCN(c2cccc(OC)c2)CC1.I. The lowest BCUT2D eigenvalue weighted by atomic mass is 10.1. The van der Waals surface area contributed by atoms with Gasteiger partial charge in [-0.05, 0) is 30.2 Å². The summed E-state index contributed by atoms with van der Waals surface area (Å²) in [4.78, 5) is 9.47. The van der Waals surface area contributed by atoms with E-state index in [1.807, 2.05) is 36.4 Å². The van der Waals surface area contributed by atoms with Crippen LogP contribution in [0.25, 0.3) is 0 Å². The standard InChI is InChI=1S/C23H32N4O3S.HI/c1-4-24-23(25-17-19-8-10-20(11-9-19)18-31(3,28)29)27-14-12-26(13-15-27)21-6-5-7-22(16-21)30-2;/h5-11,16H,4,12-15,17-18H2,1-3H3,(H,24,25);1H. The highest BCUT2D eigenvalue weighted by Crippen LogP contribution is 2.22. The molecule has 7 nitrogen and oxygen atoms in total. The molecule has 0 amide bonds. The molecule has 0 spiro atoms. The topological polar surface area (TPSA) is 74.2 Å². The molecule has 3 rings (SSSR count). The minimum Gasteiger partial charge on any atom is -0.497 e. The minimum atomic E-state index is -3.02. The third-order valence-electron chi connectivity index (χ3n) is 5.20. The number of hydrogen-bond donors (Lipinski definition) is 1. The number of rotatable bonds is 7. The molecule has 0 unspecified atom stereocenters. The summed E-state index contributed by atoms with van der Waals surface area (Å²) < 4.78 is 28.2. The molecule has 0 radical (unpaired) electrons. The highest BCUT2D eigenvalue weighted by molar-refractivity contribution is 14.0. The summed E-state index contributed by atoms with van der Waals surface area (Å²) in [6, 6.07) is 15.8. The fraction of sp³-hybridized carbons (Fsp3) is 0.435. The zero-order valence-corrected chi connectivity index (χ0v) is 22.1. The lowest BCUT2D eigenvalue weighted by molar-refractivity contribution is 0.372. The van der Waals surface area contributed by atoms with E-state index in [4.69, 9.17) is 9.73 Å². The lowest BCUT2D eigenvalue weighted by Crippen LogP contribution is -2.52. The van der Waals surface area contributed by atoms with Crippen LogP contribution in [0.5, 0.6) is 5.75 Å². The van der Waals surface area contributed by atoms with Gasteiger partial charge in [0.2, 0.25) is 0 Å². The van der Waals surface area contributed by atoms with Gasteiger partial charge in [-0.1, -0.05) is 30.3 Å². The number of sulfone groups is 1. The van der Waals surface area contributed by atoms with Gasteiger partial charge >= 0.3 is 0 Å². The Bertz CT molecular complexity index is 989. The van der Waals surface area contributed by atoms with Gasteiger partial charge in [0.1, 0.15) is 5.75 Å². The second-order valence-electron chi connectivity index (χ2n) is 7.73. The molecule has 2 aromatic carbocycles. The van der Waals surface area contributed by atoms with Crippen LogP contribution >= 0.6 is 24.0 Å². The maximum atomic E-state index is 11.4. The van der Waals surface area contributed by atoms with Crippen molar-refractivity contribution in [1.29, 1.82) is 0 Å². The van der Waals surface area contributed by atoms with Crippen LogP contribution in [-0.4, -0.2) is 65.4 Å². The zero-order chi connectivity index (χ0) is 22.3. The number of nitrogens with one attached hydrogen (secondary N) is 1. The summed E-state index contributed by atoms with van der Waals surface area (Å²) in [5, 5.41) is 3.40. The molecular weight excluding hydrogens is 539 g/mol. The van der Waals surface area contributed by atoms with Gasteiger partial charge in [-0.25, -0.2) is 13.4 Å². The summed E-state index contributed by atoms with van der Waals surface area (Å²) in [5.74, 6) is 1.85. The first-order chi connectivity index (χ1) is 14.9. The molecule has 0 bridgehead atoms. The predicted molar refractivity (Wildman–Crippen MR) is 142 cm³/mol. The van der Waals surface area contributed by atoms with E-state index in [2.05, 4.69) is 34.2 Å². The van der Waals surface area contributed by atoms with Gasteiger partial charge in [-0.2, -0.15) is 0 Å². The van der Waals surface area contributed by atoms with E-state index in [0.717, 1.165) is 55.6 Å². The number of methoxy groups -OCH3 is 1. The maximum Gasteiger partial charge on any atom is 0.194 e. The van der Waals surface area contributed by atoms with Gasteiger partial charge < -0.3 is 19.9 Å². The third kappa shape index (κ3) is 7.84. The van der Waals surface area contributed by atoms with E-state index in [1.165, 1.54) is 11.9 Å². The first-order valence-electron chi connectivity index (χ1n) is 10.6. The Kier molecular flexibility index (Phi) is 10.1. The summed E-state index contributed by atoms with van der Waals surface area (Å²) >= 11 is 0. The van der Waals surface area contributed by atoms with Crippen LogP contribution in [0.15, 0.2) is 53.5 Å². The average Bonchev–Trinajstić information content (AvgIpc) is 2.77. The predicted octanol–water partition coefficient (Wildman–Crippen LogP) is 3.15. The highest BCUT2D eigenvalue weighted by atomic mass is 127. The summed E-state index contributed by atoms with van der Waals surface area (Å²) in [6.45, 7) is 7.03. The minimum absolute atomic E-state index is 0. The molecule has 2 aromatic rings. The third-order valence-corrected chi connectivity index (χ3v) is 6.05. The Labute approximate surface area is 208 Å². The molecule has 1 aliphatic heterocycles. The molecule has 0 saturated carbocycles. The lowest BCUT2D eigenvalue weighted by Gasteiger charge is -2.37. The molecule has 1 N–H and O–H groups in total. The van der Waals surface area contributed by atoms with Crippen molar-refractivity contribution in [3.05, 3.63) is 59.7 Å². The number of guanidine groups is 1. The second kappa shape index (κ2) is 12.3. The Balaban J connectivity index is 0.00000363. The van der Waals surface area contributed by atoms with E-state index in [9.17, 15) is 8.42 Å². The van der Waals surface area contributed by atoms with Crippen molar-refractivity contribution >= 4 is 45.5 Å². The fourth-order valence-corrected chi connectivity index (χ4v) is 4.42. The van der Waals surface area contributed by atoms with Gasteiger partial charge in [0.15, 0.2) is 15.8 Å². The zero-order valence-electron chi connectivity index (χ0n) is 19.0. The fourth-order valence-electron chi connectivity index (χ4n) is 3.62. The van der Waals surface area contributed by atoms with Crippen LogP contribution in [0, 0.1) is 0 Å². The van der Waals surface area contributed by atoms with Crippen LogP contribution in [-0.2, 0) is 22.1 Å². The first kappa shape index (κ1) is 26.2. The number of piperazine rings is 1. The molecular formula is C23H33IN4O3S. The van der Waals surface area contributed by atoms with Crippen molar-refractivity contribution in [2.45, 2.75) is 19.2 Å². The maximum absolute atomic E-state index is 11.4. The number of anilines is 1. The monoisotopic (exact) mass is 572 g/mol. The molecule has 176 valence electrons. The van der Waals surface area contributed by atoms with Crippen LogP contribution in [0.4, 0.5) is 5.69 Å². The Morgan fingerprint density at radius 3 is 2.31 bits per heavy atom. The van der Waals surface area contributed by atoms with Gasteiger partial charge in [-0.15, -0.1) is 24.0 Å². The summed E-state index contributed by atoms with van der Waals surface area (Å²) in [5.41, 5.74) is 3.04. The second-order valence-corrected chi connectivity index (χ2v) is 9.87. The first-order valence-corrected chi connectivity index (χ1v) is 12.6. The number of halogens is 1. The van der Waals surface area contributed by atoms with Crippen molar-refractivity contribution in [1.82, 2.24) is 10.2 Å². The highest BCUT2D eigenvalue weighted by Gasteiger charge is 2.20. The van der Waals surface area contributed by atoms with Crippen LogP contribution in [0.2, 0.25) is 0 Å². The van der Waals surface area contributed by atoms with Gasteiger partial charge in [0.25, 0.3) is 0 Å². The van der Waals surface area contributed by atoms with E-state index >= 15 is 0 Å².